The van der Waals surface area contributed by atoms with Crippen LogP contribution in [-0.4, -0.2) is 11.2 Å². The van der Waals surface area contributed by atoms with Crippen LogP contribution in [0.5, 0.6) is 0 Å². The van der Waals surface area contributed by atoms with E-state index in [0.717, 1.165) is 36.5 Å². The Labute approximate surface area is 174 Å². The van der Waals surface area contributed by atoms with Gasteiger partial charge in [-0.15, -0.1) is 0 Å². The summed E-state index contributed by atoms with van der Waals surface area (Å²) in [6.45, 7) is 12.2. The number of hydrogen-bond donors (Lipinski definition) is 1. The van der Waals surface area contributed by atoms with Gasteiger partial charge in [0.15, 0.2) is 0 Å². The third-order valence-electron chi connectivity index (χ3n) is 10.4. The Balaban J connectivity index is 1.51. The molecule has 1 heteroatoms. The summed E-state index contributed by atoms with van der Waals surface area (Å²) < 4.78 is 0. The molecule has 0 unspecified atom stereocenters. The molecule has 1 nitrogen and oxygen atoms in total. The molecule has 0 heterocycles. The molecule has 0 bridgehead atoms. The molecule has 0 aromatic heterocycles. The molecule has 0 radical (unpaired) electrons. The number of hydrogen-bond acceptors (Lipinski definition) is 1. The zero-order valence-corrected chi connectivity index (χ0v) is 19.3. The SMILES string of the molecule is CC(C)CC[C@@H](O)[C@@H](C)[C@H]1CC[C@H]2[C@@H]3CC=C4CCCC[C@]4(C)[C@H]3CC[C@]12C. The maximum Gasteiger partial charge on any atom is 0.0568 e. The van der Waals surface area contributed by atoms with Crippen LogP contribution in [0.15, 0.2) is 11.6 Å². The van der Waals surface area contributed by atoms with Crippen LogP contribution >= 0.6 is 0 Å². The second-order valence-electron chi connectivity index (χ2n) is 12.1. The first-order valence-electron chi connectivity index (χ1n) is 12.6. The number of aliphatic hydroxyl groups is 1. The Kier molecular flexibility index (Phi) is 5.80. The summed E-state index contributed by atoms with van der Waals surface area (Å²) in [5, 5.41) is 11.0. The predicted molar refractivity (Wildman–Crippen MR) is 119 cm³/mol. The Hall–Kier alpha value is -0.300. The first-order chi connectivity index (χ1) is 13.3. The molecule has 0 aliphatic heterocycles. The highest BCUT2D eigenvalue weighted by molar-refractivity contribution is 5.24. The van der Waals surface area contributed by atoms with E-state index in [2.05, 4.69) is 40.7 Å². The number of allylic oxidation sites excluding steroid dienone is 2. The van der Waals surface area contributed by atoms with Gasteiger partial charge in [0.25, 0.3) is 0 Å². The van der Waals surface area contributed by atoms with Gasteiger partial charge in [-0.05, 0) is 111 Å². The summed E-state index contributed by atoms with van der Waals surface area (Å²) in [5.74, 6) is 4.63. The van der Waals surface area contributed by atoms with Crippen LogP contribution in [0.2, 0.25) is 0 Å². The normalized spacial score (nSPS) is 45.0. The van der Waals surface area contributed by atoms with Crippen molar-refractivity contribution in [1.29, 1.82) is 0 Å². The van der Waals surface area contributed by atoms with E-state index in [9.17, 15) is 5.11 Å². The second-order valence-corrected chi connectivity index (χ2v) is 12.1. The molecule has 0 aromatic rings. The van der Waals surface area contributed by atoms with E-state index >= 15 is 0 Å². The van der Waals surface area contributed by atoms with E-state index in [-0.39, 0.29) is 6.10 Å². The van der Waals surface area contributed by atoms with Crippen LogP contribution in [0.3, 0.4) is 0 Å². The fourth-order valence-corrected chi connectivity index (χ4v) is 8.64. The average molecular weight is 387 g/mol. The minimum absolute atomic E-state index is 0.102. The van der Waals surface area contributed by atoms with E-state index in [1.807, 2.05) is 5.57 Å². The largest absolute Gasteiger partial charge is 0.393 e. The number of rotatable bonds is 5. The summed E-state index contributed by atoms with van der Waals surface area (Å²) in [4.78, 5) is 0. The fourth-order valence-electron chi connectivity index (χ4n) is 8.64. The zero-order chi connectivity index (χ0) is 20.1. The molecule has 160 valence electrons. The molecule has 8 atom stereocenters. The monoisotopic (exact) mass is 386 g/mol. The first-order valence-corrected chi connectivity index (χ1v) is 12.6. The van der Waals surface area contributed by atoms with E-state index in [1.165, 1.54) is 57.8 Å². The molecular weight excluding hydrogens is 340 g/mol. The lowest BCUT2D eigenvalue weighted by atomic mass is 9.47. The van der Waals surface area contributed by atoms with Crippen molar-refractivity contribution in [2.75, 3.05) is 0 Å². The summed E-state index contributed by atoms with van der Waals surface area (Å²) in [6.07, 6.45) is 17.4. The van der Waals surface area contributed by atoms with Crippen LogP contribution in [0.1, 0.15) is 105 Å². The van der Waals surface area contributed by atoms with Crippen LogP contribution in [0.25, 0.3) is 0 Å². The van der Waals surface area contributed by atoms with Gasteiger partial charge in [-0.25, -0.2) is 0 Å². The molecular formula is C27H46O. The van der Waals surface area contributed by atoms with Gasteiger partial charge in [0, 0.05) is 0 Å². The van der Waals surface area contributed by atoms with Crippen LogP contribution < -0.4 is 0 Å². The maximum absolute atomic E-state index is 11.0. The van der Waals surface area contributed by atoms with Crippen LogP contribution in [0, 0.1) is 46.3 Å². The van der Waals surface area contributed by atoms with Gasteiger partial charge in [0.1, 0.15) is 0 Å². The molecule has 1 N–H and O–H groups in total. The minimum Gasteiger partial charge on any atom is -0.393 e. The first kappa shape index (κ1) is 21.0. The minimum atomic E-state index is -0.102. The van der Waals surface area contributed by atoms with Gasteiger partial charge < -0.3 is 5.11 Å². The standard InChI is InChI=1S/C27H46O/c1-18(2)9-14-25(28)19(3)22-12-13-23-21-11-10-20-8-6-7-16-26(20,4)24(21)15-17-27(22,23)5/h10,18-19,21-25,28H,6-9,11-17H2,1-5H3/t19-,21-,22+,23-,24-,25+,26-,27+/m0/s1. The molecule has 4 aliphatic rings. The lowest BCUT2D eigenvalue weighted by Gasteiger charge is -2.58. The molecule has 3 saturated carbocycles. The Morgan fingerprint density at radius 3 is 2.54 bits per heavy atom. The van der Waals surface area contributed by atoms with Crippen molar-refractivity contribution in [3.8, 4) is 0 Å². The maximum atomic E-state index is 11.0. The molecule has 4 rings (SSSR count). The highest BCUT2D eigenvalue weighted by Gasteiger charge is 2.59. The zero-order valence-electron chi connectivity index (χ0n) is 19.3. The van der Waals surface area contributed by atoms with E-state index in [1.54, 1.807) is 0 Å². The van der Waals surface area contributed by atoms with Crippen molar-refractivity contribution in [2.45, 2.75) is 111 Å². The Bertz CT molecular complexity index is 591. The third-order valence-corrected chi connectivity index (χ3v) is 10.4. The summed E-state index contributed by atoms with van der Waals surface area (Å²) in [5.41, 5.74) is 2.81. The topological polar surface area (TPSA) is 20.2 Å². The molecule has 4 aliphatic carbocycles. The van der Waals surface area contributed by atoms with E-state index in [4.69, 9.17) is 0 Å². The van der Waals surface area contributed by atoms with Crippen molar-refractivity contribution in [2.24, 2.45) is 46.3 Å². The van der Waals surface area contributed by atoms with Crippen LogP contribution in [-0.2, 0) is 0 Å². The second kappa shape index (κ2) is 7.75. The van der Waals surface area contributed by atoms with Crippen molar-refractivity contribution in [1.82, 2.24) is 0 Å². The van der Waals surface area contributed by atoms with Gasteiger partial charge in [-0.1, -0.05) is 52.7 Å². The molecule has 0 saturated heterocycles. The number of fused-ring (bicyclic) bond motifs is 5. The summed E-state index contributed by atoms with van der Waals surface area (Å²) in [6, 6.07) is 0. The van der Waals surface area contributed by atoms with Gasteiger partial charge in [0.05, 0.1) is 6.10 Å². The molecule has 3 fully saturated rings. The van der Waals surface area contributed by atoms with Gasteiger partial charge in [0.2, 0.25) is 0 Å². The van der Waals surface area contributed by atoms with Gasteiger partial charge >= 0.3 is 0 Å². The number of aliphatic hydroxyl groups excluding tert-OH is 1. The lowest BCUT2D eigenvalue weighted by molar-refractivity contribution is -0.0629. The van der Waals surface area contributed by atoms with E-state index in [0.29, 0.717) is 22.7 Å². The molecule has 0 amide bonds. The average Bonchev–Trinajstić information content (AvgIpc) is 3.02. The third kappa shape index (κ3) is 3.32. The van der Waals surface area contributed by atoms with Crippen molar-refractivity contribution in [3.63, 3.8) is 0 Å². The van der Waals surface area contributed by atoms with Gasteiger partial charge in [-0.2, -0.15) is 0 Å². The van der Waals surface area contributed by atoms with E-state index < -0.39 is 0 Å². The lowest BCUT2D eigenvalue weighted by Crippen LogP contribution is -2.50. The molecule has 0 spiro atoms. The highest BCUT2D eigenvalue weighted by atomic mass is 16.3. The van der Waals surface area contributed by atoms with Crippen molar-refractivity contribution < 1.29 is 5.11 Å². The van der Waals surface area contributed by atoms with Crippen LogP contribution in [0.4, 0.5) is 0 Å². The van der Waals surface area contributed by atoms with Crippen molar-refractivity contribution in [3.05, 3.63) is 11.6 Å². The molecule has 28 heavy (non-hydrogen) atoms. The Morgan fingerprint density at radius 2 is 1.79 bits per heavy atom. The summed E-state index contributed by atoms with van der Waals surface area (Å²) in [7, 11) is 0. The summed E-state index contributed by atoms with van der Waals surface area (Å²) >= 11 is 0. The smallest absolute Gasteiger partial charge is 0.0568 e. The molecule has 0 aromatic carbocycles. The van der Waals surface area contributed by atoms with Gasteiger partial charge in [-0.3, -0.25) is 0 Å². The fraction of sp³-hybridized carbons (Fsp3) is 0.926. The quantitative estimate of drug-likeness (QED) is 0.488. The highest BCUT2D eigenvalue weighted by Crippen LogP contribution is 2.67. The Morgan fingerprint density at radius 1 is 1.00 bits per heavy atom. The predicted octanol–water partition coefficient (Wildman–Crippen LogP) is 7.39. The van der Waals surface area contributed by atoms with Crippen molar-refractivity contribution >= 4 is 0 Å².